The molecule has 0 radical (unpaired) electrons. The van der Waals surface area contributed by atoms with Crippen LogP contribution in [0.5, 0.6) is 0 Å². The van der Waals surface area contributed by atoms with E-state index in [0.717, 1.165) is 12.1 Å². The normalized spacial score (nSPS) is 11.4. The molecule has 2 aromatic carbocycles. The molecule has 0 atom stereocenters. The van der Waals surface area contributed by atoms with E-state index < -0.39 is 21.7 Å². The van der Waals surface area contributed by atoms with Crippen molar-refractivity contribution in [2.45, 2.75) is 18.7 Å². The van der Waals surface area contributed by atoms with E-state index in [9.17, 15) is 17.2 Å². The highest BCUT2D eigenvalue weighted by atomic mass is 32.2. The van der Waals surface area contributed by atoms with E-state index in [2.05, 4.69) is 4.72 Å². The van der Waals surface area contributed by atoms with E-state index >= 15 is 0 Å². The molecule has 0 unspecified atom stereocenters. The van der Waals surface area contributed by atoms with Crippen LogP contribution >= 0.6 is 0 Å². The summed E-state index contributed by atoms with van der Waals surface area (Å²) < 4.78 is 53.1. The molecule has 21 heavy (non-hydrogen) atoms. The van der Waals surface area contributed by atoms with Gasteiger partial charge in [-0.3, -0.25) is 4.72 Å². The lowest BCUT2D eigenvalue weighted by molar-refractivity contribution is 0.584. The molecule has 0 bridgehead atoms. The number of anilines is 2. The zero-order chi connectivity index (χ0) is 15.8. The van der Waals surface area contributed by atoms with Crippen LogP contribution in [0.15, 0.2) is 35.2 Å². The zero-order valence-corrected chi connectivity index (χ0v) is 12.3. The highest BCUT2D eigenvalue weighted by molar-refractivity contribution is 7.92. The topological polar surface area (TPSA) is 72.2 Å². The number of sulfonamides is 1. The first kappa shape index (κ1) is 15.2. The minimum Gasteiger partial charge on any atom is -0.398 e. The number of benzene rings is 2. The number of aryl methyl sites for hydroxylation is 1. The van der Waals surface area contributed by atoms with E-state index in [-0.39, 0.29) is 10.6 Å². The Morgan fingerprint density at radius 2 is 1.57 bits per heavy atom. The maximum atomic E-state index is 13.1. The molecule has 0 aliphatic heterocycles. The summed E-state index contributed by atoms with van der Waals surface area (Å²) in [4.78, 5) is -0.0235. The molecule has 0 fully saturated rings. The molecule has 0 saturated heterocycles. The van der Waals surface area contributed by atoms with Gasteiger partial charge in [-0.05, 0) is 49.2 Å². The summed E-state index contributed by atoms with van der Waals surface area (Å²) in [5.41, 5.74) is 6.94. The molecule has 0 amide bonds. The summed E-state index contributed by atoms with van der Waals surface area (Å²) in [5, 5.41) is 0. The van der Waals surface area contributed by atoms with Crippen molar-refractivity contribution >= 4 is 21.4 Å². The van der Waals surface area contributed by atoms with E-state index in [1.165, 1.54) is 6.07 Å². The van der Waals surface area contributed by atoms with Gasteiger partial charge in [0.15, 0.2) is 0 Å². The molecule has 7 heteroatoms. The second-order valence-corrected chi connectivity index (χ2v) is 6.39. The quantitative estimate of drug-likeness (QED) is 0.856. The summed E-state index contributed by atoms with van der Waals surface area (Å²) in [6.45, 7) is 3.27. The lowest BCUT2D eigenvalue weighted by Gasteiger charge is -2.13. The molecule has 112 valence electrons. The number of hydrogen-bond donors (Lipinski definition) is 2. The maximum Gasteiger partial charge on any atom is 0.262 e. The SMILES string of the molecule is Cc1cc(N)c(C)c(S(=O)(=O)Nc2cc(F)cc(F)c2)c1. The van der Waals surface area contributed by atoms with Crippen LogP contribution in [-0.2, 0) is 10.0 Å². The van der Waals surface area contributed by atoms with Crippen LogP contribution in [-0.4, -0.2) is 8.42 Å². The molecule has 2 rings (SSSR count). The third-order valence-electron chi connectivity index (χ3n) is 2.95. The van der Waals surface area contributed by atoms with Crippen LogP contribution in [0.2, 0.25) is 0 Å². The van der Waals surface area contributed by atoms with Crippen molar-refractivity contribution in [3.63, 3.8) is 0 Å². The molecular weight excluding hydrogens is 298 g/mol. The van der Waals surface area contributed by atoms with Crippen LogP contribution < -0.4 is 10.5 Å². The van der Waals surface area contributed by atoms with Crippen LogP contribution in [0.1, 0.15) is 11.1 Å². The largest absolute Gasteiger partial charge is 0.398 e. The van der Waals surface area contributed by atoms with Crippen molar-refractivity contribution in [1.82, 2.24) is 0 Å². The second kappa shape index (κ2) is 5.33. The maximum absolute atomic E-state index is 13.1. The minimum atomic E-state index is -3.99. The summed E-state index contributed by atoms with van der Waals surface area (Å²) in [7, 11) is -3.99. The van der Waals surface area contributed by atoms with Gasteiger partial charge in [-0.25, -0.2) is 17.2 Å². The Bertz CT molecular complexity index is 785. The first-order valence-corrected chi connectivity index (χ1v) is 7.53. The van der Waals surface area contributed by atoms with Gasteiger partial charge in [0, 0.05) is 11.8 Å². The minimum absolute atomic E-state index is 0.0235. The molecule has 0 spiro atoms. The fourth-order valence-electron chi connectivity index (χ4n) is 1.95. The third-order valence-corrected chi connectivity index (χ3v) is 4.46. The number of nitrogen functional groups attached to an aromatic ring is 1. The average molecular weight is 312 g/mol. The Kier molecular flexibility index (Phi) is 3.87. The predicted molar refractivity (Wildman–Crippen MR) is 77.5 cm³/mol. The molecule has 2 aromatic rings. The summed E-state index contributed by atoms with van der Waals surface area (Å²) >= 11 is 0. The first-order valence-electron chi connectivity index (χ1n) is 6.04. The number of nitrogens with two attached hydrogens (primary N) is 1. The van der Waals surface area contributed by atoms with E-state index in [1.807, 2.05) is 0 Å². The Labute approximate surface area is 121 Å². The van der Waals surface area contributed by atoms with Gasteiger partial charge in [-0.1, -0.05) is 0 Å². The fraction of sp³-hybridized carbons (Fsp3) is 0.143. The smallest absolute Gasteiger partial charge is 0.262 e. The van der Waals surface area contributed by atoms with E-state index in [0.29, 0.717) is 22.9 Å². The molecular formula is C14H14F2N2O2S. The molecule has 3 N–H and O–H groups in total. The molecule has 4 nitrogen and oxygen atoms in total. The van der Waals surface area contributed by atoms with Gasteiger partial charge in [0.05, 0.1) is 10.6 Å². The van der Waals surface area contributed by atoms with Gasteiger partial charge in [-0.15, -0.1) is 0 Å². The van der Waals surface area contributed by atoms with Gasteiger partial charge in [-0.2, -0.15) is 0 Å². The highest BCUT2D eigenvalue weighted by Crippen LogP contribution is 2.25. The number of halogens is 2. The predicted octanol–water partition coefficient (Wildman–Crippen LogP) is 2.96. The van der Waals surface area contributed by atoms with Gasteiger partial charge < -0.3 is 5.73 Å². The van der Waals surface area contributed by atoms with Crippen molar-refractivity contribution in [1.29, 1.82) is 0 Å². The number of hydrogen-bond acceptors (Lipinski definition) is 3. The highest BCUT2D eigenvalue weighted by Gasteiger charge is 2.19. The Morgan fingerprint density at radius 3 is 2.14 bits per heavy atom. The third kappa shape index (κ3) is 3.30. The Hall–Kier alpha value is -2.15. The van der Waals surface area contributed by atoms with Crippen molar-refractivity contribution in [2.75, 3.05) is 10.5 Å². The van der Waals surface area contributed by atoms with Crippen LogP contribution in [0.3, 0.4) is 0 Å². The number of nitrogens with one attached hydrogen (secondary N) is 1. The Balaban J connectivity index is 2.48. The zero-order valence-electron chi connectivity index (χ0n) is 11.4. The van der Waals surface area contributed by atoms with E-state index in [1.54, 1.807) is 19.9 Å². The standard InChI is InChI=1S/C14H14F2N2O2S/c1-8-3-13(17)9(2)14(4-8)21(19,20)18-12-6-10(15)5-11(16)7-12/h3-7,18H,17H2,1-2H3. The van der Waals surface area contributed by atoms with Crippen molar-refractivity contribution in [3.05, 3.63) is 53.1 Å². The Morgan fingerprint density at radius 1 is 1.00 bits per heavy atom. The number of rotatable bonds is 3. The second-order valence-electron chi connectivity index (χ2n) is 4.74. The lowest BCUT2D eigenvalue weighted by atomic mass is 10.1. The summed E-state index contributed by atoms with van der Waals surface area (Å²) in [6.07, 6.45) is 0. The van der Waals surface area contributed by atoms with Gasteiger partial charge in [0.1, 0.15) is 11.6 Å². The molecule has 0 saturated carbocycles. The summed E-state index contributed by atoms with van der Waals surface area (Å²) in [6, 6.07) is 5.55. The van der Waals surface area contributed by atoms with E-state index in [4.69, 9.17) is 5.73 Å². The molecule has 0 aromatic heterocycles. The molecule has 0 heterocycles. The summed E-state index contributed by atoms with van der Waals surface area (Å²) in [5.74, 6) is -1.73. The van der Waals surface area contributed by atoms with Crippen LogP contribution in [0.4, 0.5) is 20.2 Å². The molecule has 0 aliphatic rings. The van der Waals surface area contributed by atoms with Crippen LogP contribution in [0.25, 0.3) is 0 Å². The van der Waals surface area contributed by atoms with Crippen molar-refractivity contribution in [3.8, 4) is 0 Å². The van der Waals surface area contributed by atoms with Gasteiger partial charge >= 0.3 is 0 Å². The first-order chi connectivity index (χ1) is 9.69. The van der Waals surface area contributed by atoms with Gasteiger partial charge in [0.2, 0.25) is 0 Å². The fourth-order valence-corrected chi connectivity index (χ4v) is 3.35. The molecule has 0 aliphatic carbocycles. The average Bonchev–Trinajstić information content (AvgIpc) is 2.31. The van der Waals surface area contributed by atoms with Crippen molar-refractivity contribution < 1.29 is 17.2 Å². The monoisotopic (exact) mass is 312 g/mol. The lowest BCUT2D eigenvalue weighted by Crippen LogP contribution is -2.15. The van der Waals surface area contributed by atoms with Crippen LogP contribution in [0, 0.1) is 25.5 Å². The van der Waals surface area contributed by atoms with Gasteiger partial charge in [0.25, 0.3) is 10.0 Å². The van der Waals surface area contributed by atoms with Crippen molar-refractivity contribution in [2.24, 2.45) is 0 Å².